The molecule has 3 aromatic heterocycles. The molecule has 1 aliphatic rings. The number of anilines is 2. The highest BCUT2D eigenvalue weighted by molar-refractivity contribution is 5.97. The number of benzene rings is 2. The number of rotatable bonds is 7. The van der Waals surface area contributed by atoms with Crippen LogP contribution < -0.4 is 14.8 Å². The molecule has 40 heavy (non-hydrogen) atoms. The van der Waals surface area contributed by atoms with Gasteiger partial charge in [-0.2, -0.15) is 5.10 Å². The predicted molar refractivity (Wildman–Crippen MR) is 146 cm³/mol. The highest BCUT2D eigenvalue weighted by Crippen LogP contribution is 2.42. The van der Waals surface area contributed by atoms with Gasteiger partial charge in [0.2, 0.25) is 0 Å². The van der Waals surface area contributed by atoms with Gasteiger partial charge in [-0.05, 0) is 49.4 Å². The second kappa shape index (κ2) is 10.3. The Morgan fingerprint density at radius 3 is 2.75 bits per heavy atom. The van der Waals surface area contributed by atoms with Gasteiger partial charge in [-0.15, -0.1) is 0 Å². The molecule has 0 amide bonds. The number of nitrogens with zero attached hydrogens (tertiary/aromatic N) is 7. The van der Waals surface area contributed by atoms with E-state index in [-0.39, 0.29) is 18.7 Å². The molecule has 0 radical (unpaired) electrons. The minimum atomic E-state index is -3.02. The number of piperidine rings is 1. The maximum absolute atomic E-state index is 14.9. The lowest BCUT2D eigenvalue weighted by Gasteiger charge is -2.36. The number of halogens is 2. The number of alkyl halides is 2. The number of nitrogens with one attached hydrogen (secondary N) is 1. The molecule has 206 valence electrons. The van der Waals surface area contributed by atoms with Crippen LogP contribution in [0.25, 0.3) is 16.6 Å². The number of aromatic nitrogens is 6. The number of methoxy groups -OCH3 is 1. The number of hydrogen-bond acceptors (Lipinski definition) is 9. The molecular formula is C28H28F2N8O2. The van der Waals surface area contributed by atoms with Crippen LogP contribution in [0.15, 0.2) is 55.4 Å². The number of likely N-dealkylation sites (tertiary alicyclic amines) is 1. The molecule has 4 heterocycles. The van der Waals surface area contributed by atoms with Gasteiger partial charge < -0.3 is 19.7 Å². The van der Waals surface area contributed by atoms with Crippen molar-refractivity contribution in [3.05, 3.63) is 72.2 Å². The highest BCUT2D eigenvalue weighted by Gasteiger charge is 2.46. The van der Waals surface area contributed by atoms with Crippen LogP contribution in [-0.2, 0) is 6.42 Å². The summed E-state index contributed by atoms with van der Waals surface area (Å²) in [7, 11) is 3.16. The van der Waals surface area contributed by atoms with Crippen LogP contribution in [0.5, 0.6) is 11.5 Å². The average molecular weight is 547 g/mol. The van der Waals surface area contributed by atoms with Crippen LogP contribution in [0.1, 0.15) is 23.2 Å². The van der Waals surface area contributed by atoms with Crippen molar-refractivity contribution in [3.63, 3.8) is 0 Å². The summed E-state index contributed by atoms with van der Waals surface area (Å²) < 4.78 is 43.0. The summed E-state index contributed by atoms with van der Waals surface area (Å²) >= 11 is 0. The van der Waals surface area contributed by atoms with Crippen LogP contribution in [0.4, 0.5) is 20.3 Å². The van der Waals surface area contributed by atoms with E-state index in [9.17, 15) is 8.78 Å². The average Bonchev–Trinajstić information content (AvgIpc) is 3.39. The summed E-state index contributed by atoms with van der Waals surface area (Å²) in [5.74, 6) is -2.06. The van der Waals surface area contributed by atoms with Crippen LogP contribution in [0, 0.1) is 6.92 Å². The van der Waals surface area contributed by atoms with Gasteiger partial charge in [-0.25, -0.2) is 33.2 Å². The summed E-state index contributed by atoms with van der Waals surface area (Å²) in [6.07, 6.45) is 4.08. The molecule has 0 bridgehead atoms. The molecule has 0 unspecified atom stereocenters. The van der Waals surface area contributed by atoms with Gasteiger partial charge >= 0.3 is 0 Å². The smallest absolute Gasteiger partial charge is 0.296 e. The second-order valence-corrected chi connectivity index (χ2v) is 9.99. The fourth-order valence-corrected chi connectivity index (χ4v) is 5.02. The number of hydrogen-bond donors (Lipinski definition) is 1. The summed E-state index contributed by atoms with van der Waals surface area (Å²) in [5.41, 5.74) is 5.10. The molecule has 10 nitrogen and oxygen atoms in total. The monoisotopic (exact) mass is 546 g/mol. The first-order valence-corrected chi connectivity index (χ1v) is 12.9. The molecule has 0 spiro atoms. The Morgan fingerprint density at radius 2 is 1.95 bits per heavy atom. The van der Waals surface area contributed by atoms with Crippen LogP contribution in [0.3, 0.4) is 0 Å². The van der Waals surface area contributed by atoms with Gasteiger partial charge in [0.15, 0.2) is 23.3 Å². The van der Waals surface area contributed by atoms with Gasteiger partial charge in [0.25, 0.3) is 5.92 Å². The van der Waals surface area contributed by atoms with E-state index in [4.69, 9.17) is 9.47 Å². The molecule has 1 atom stereocenters. The Kier molecular flexibility index (Phi) is 6.62. The van der Waals surface area contributed by atoms with E-state index < -0.39 is 12.0 Å². The molecule has 2 aromatic carbocycles. The number of aryl methyl sites for hydroxylation is 1. The minimum Gasteiger partial charge on any atom is -0.493 e. The van der Waals surface area contributed by atoms with Crippen molar-refractivity contribution >= 4 is 28.1 Å². The van der Waals surface area contributed by atoms with Gasteiger partial charge in [0.05, 0.1) is 30.3 Å². The molecule has 1 saturated heterocycles. The largest absolute Gasteiger partial charge is 0.493 e. The summed E-state index contributed by atoms with van der Waals surface area (Å²) in [6.45, 7) is 2.15. The molecule has 1 aliphatic heterocycles. The van der Waals surface area contributed by atoms with Crippen LogP contribution in [0.2, 0.25) is 0 Å². The SMILES string of the molecule is COc1ccc2ncnc(Nc3ccc(Cc4cc5ncnn5cn4)c(C)c3)c2c1O[C@@H]1CCN(C)CC1(F)F. The molecule has 6 rings (SSSR count). The van der Waals surface area contributed by atoms with E-state index in [0.29, 0.717) is 35.4 Å². The van der Waals surface area contributed by atoms with E-state index in [1.165, 1.54) is 19.8 Å². The molecule has 1 fully saturated rings. The zero-order chi connectivity index (χ0) is 27.9. The lowest BCUT2D eigenvalue weighted by atomic mass is 10.0. The third-order valence-electron chi connectivity index (χ3n) is 7.13. The summed E-state index contributed by atoms with van der Waals surface area (Å²) in [6, 6.07) is 11.3. The zero-order valence-corrected chi connectivity index (χ0v) is 22.3. The lowest BCUT2D eigenvalue weighted by Crippen LogP contribution is -2.52. The molecular weight excluding hydrogens is 518 g/mol. The van der Waals surface area contributed by atoms with Crippen molar-refractivity contribution < 1.29 is 18.3 Å². The molecule has 0 saturated carbocycles. The Balaban J connectivity index is 1.31. The molecule has 12 heteroatoms. The third kappa shape index (κ3) is 4.97. The third-order valence-corrected chi connectivity index (χ3v) is 7.13. The van der Waals surface area contributed by atoms with Gasteiger partial charge in [0.1, 0.15) is 24.8 Å². The summed E-state index contributed by atoms with van der Waals surface area (Å²) in [4.78, 5) is 19.1. The Labute approximate surface area is 229 Å². The van der Waals surface area contributed by atoms with E-state index in [2.05, 4.69) is 30.4 Å². The van der Waals surface area contributed by atoms with Gasteiger partial charge in [-0.3, -0.25) is 0 Å². The van der Waals surface area contributed by atoms with E-state index >= 15 is 0 Å². The van der Waals surface area contributed by atoms with Crippen molar-refractivity contribution in [1.82, 2.24) is 34.4 Å². The minimum absolute atomic E-state index is 0.180. The molecule has 1 N–H and O–H groups in total. The fraction of sp³-hybridized carbons (Fsp3) is 0.321. The normalized spacial score (nSPS) is 17.3. The quantitative estimate of drug-likeness (QED) is 0.317. The maximum Gasteiger partial charge on any atom is 0.296 e. The molecule has 5 aromatic rings. The maximum atomic E-state index is 14.9. The van der Waals surface area contributed by atoms with E-state index in [1.807, 2.05) is 31.2 Å². The number of ether oxygens (including phenoxy) is 2. The topological polar surface area (TPSA) is 103 Å². The van der Waals surface area contributed by atoms with Crippen LogP contribution >= 0.6 is 0 Å². The van der Waals surface area contributed by atoms with Crippen molar-refractivity contribution in [2.75, 3.05) is 32.6 Å². The van der Waals surface area contributed by atoms with E-state index in [1.54, 1.807) is 34.9 Å². The fourth-order valence-electron chi connectivity index (χ4n) is 5.02. The Bertz CT molecular complexity index is 1690. The molecule has 0 aliphatic carbocycles. The number of fused-ring (bicyclic) bond motifs is 2. The van der Waals surface area contributed by atoms with Gasteiger partial charge in [-0.1, -0.05) is 6.07 Å². The van der Waals surface area contributed by atoms with Gasteiger partial charge in [0, 0.05) is 31.1 Å². The summed E-state index contributed by atoms with van der Waals surface area (Å²) in [5, 5.41) is 7.90. The van der Waals surface area contributed by atoms with Crippen molar-refractivity contribution in [2.24, 2.45) is 0 Å². The first-order valence-electron chi connectivity index (χ1n) is 12.9. The van der Waals surface area contributed by atoms with Crippen molar-refractivity contribution in [3.8, 4) is 11.5 Å². The Morgan fingerprint density at radius 1 is 1.07 bits per heavy atom. The van der Waals surface area contributed by atoms with Crippen molar-refractivity contribution in [2.45, 2.75) is 31.8 Å². The first-order chi connectivity index (χ1) is 19.3. The zero-order valence-electron chi connectivity index (χ0n) is 22.3. The van der Waals surface area contributed by atoms with Crippen LogP contribution in [-0.4, -0.2) is 73.7 Å². The standard InChI is InChI=1S/C28H28F2N8O2/c1-17-10-19(5-4-18(17)11-20-12-24-32-15-35-38(24)16-34-20)36-27-25-21(31-14-33-27)6-7-22(39-3)26(25)40-23-8-9-37(2)13-28(23,29)30/h4-7,10,12,14-16,23H,8-9,11,13H2,1-3H3,(H,31,33,36)/t23-/m1/s1. The second-order valence-electron chi connectivity index (χ2n) is 9.99. The lowest BCUT2D eigenvalue weighted by molar-refractivity contribution is -0.135. The highest BCUT2D eigenvalue weighted by atomic mass is 19.3. The van der Waals surface area contributed by atoms with E-state index in [0.717, 1.165) is 28.2 Å². The first kappa shape index (κ1) is 25.8. The predicted octanol–water partition coefficient (Wildman–Crippen LogP) is 4.44. The van der Waals surface area contributed by atoms with Crippen molar-refractivity contribution in [1.29, 1.82) is 0 Å². The Hall–Kier alpha value is -4.45.